The summed E-state index contributed by atoms with van der Waals surface area (Å²) in [6.07, 6.45) is 1.72. The lowest BCUT2D eigenvalue weighted by Gasteiger charge is -2.20. The van der Waals surface area contributed by atoms with E-state index in [1.807, 2.05) is 39.0 Å². The van der Waals surface area contributed by atoms with Crippen LogP contribution in [0.3, 0.4) is 0 Å². The Morgan fingerprint density at radius 1 is 1.17 bits per heavy atom. The highest BCUT2D eigenvalue weighted by molar-refractivity contribution is 6.31. The molecule has 9 heteroatoms. The van der Waals surface area contributed by atoms with Gasteiger partial charge >= 0.3 is 0 Å². The molecule has 3 heterocycles. The Bertz CT molecular complexity index is 1220. The van der Waals surface area contributed by atoms with E-state index in [9.17, 15) is 4.39 Å². The Morgan fingerprint density at radius 2 is 1.97 bits per heavy atom. The van der Waals surface area contributed by atoms with Gasteiger partial charge in [0.2, 0.25) is 5.95 Å². The summed E-state index contributed by atoms with van der Waals surface area (Å²) < 4.78 is 15.4. The van der Waals surface area contributed by atoms with E-state index in [1.54, 1.807) is 16.9 Å². The van der Waals surface area contributed by atoms with Crippen LogP contribution < -0.4 is 11.1 Å². The summed E-state index contributed by atoms with van der Waals surface area (Å²) in [4.78, 5) is 13.5. The maximum atomic E-state index is 13.7. The second-order valence-corrected chi connectivity index (χ2v) is 8.27. The molecule has 30 heavy (non-hydrogen) atoms. The van der Waals surface area contributed by atoms with Crippen molar-refractivity contribution in [1.29, 1.82) is 0 Å². The minimum Gasteiger partial charge on any atom is -0.383 e. The van der Waals surface area contributed by atoms with Gasteiger partial charge in [0.1, 0.15) is 11.6 Å². The SMILES string of the molecule is CC(C)(C)n1nc2nc(NCc3ccccn3)nc(-c3ccc(F)c(Cl)c3)c2c1N. The van der Waals surface area contributed by atoms with Crippen LogP contribution in [0.2, 0.25) is 5.02 Å². The van der Waals surface area contributed by atoms with E-state index in [2.05, 4.69) is 25.4 Å². The lowest BCUT2D eigenvalue weighted by atomic mass is 10.1. The number of nitrogens with one attached hydrogen (secondary N) is 1. The van der Waals surface area contributed by atoms with Crippen LogP contribution in [0.5, 0.6) is 0 Å². The highest BCUT2D eigenvalue weighted by Crippen LogP contribution is 2.35. The number of nitrogens with zero attached hydrogens (tertiary/aromatic N) is 5. The van der Waals surface area contributed by atoms with Crippen LogP contribution in [0.25, 0.3) is 22.3 Å². The highest BCUT2D eigenvalue weighted by Gasteiger charge is 2.24. The van der Waals surface area contributed by atoms with Crippen LogP contribution in [0.4, 0.5) is 16.2 Å². The van der Waals surface area contributed by atoms with Crippen LogP contribution in [0.15, 0.2) is 42.6 Å². The third-order valence-electron chi connectivity index (χ3n) is 4.55. The number of rotatable bonds is 4. The van der Waals surface area contributed by atoms with Crippen LogP contribution in [-0.2, 0) is 12.1 Å². The van der Waals surface area contributed by atoms with Gasteiger partial charge < -0.3 is 11.1 Å². The van der Waals surface area contributed by atoms with Gasteiger partial charge in [-0.15, -0.1) is 5.10 Å². The molecule has 3 aromatic heterocycles. The molecule has 4 rings (SSSR count). The summed E-state index contributed by atoms with van der Waals surface area (Å²) in [6, 6.07) is 10.1. The average molecular weight is 426 g/mol. The lowest BCUT2D eigenvalue weighted by molar-refractivity contribution is 0.364. The van der Waals surface area contributed by atoms with Gasteiger partial charge in [0.05, 0.1) is 33.9 Å². The van der Waals surface area contributed by atoms with Crippen molar-refractivity contribution >= 4 is 34.4 Å². The maximum Gasteiger partial charge on any atom is 0.225 e. The molecule has 0 bridgehead atoms. The number of hydrogen-bond acceptors (Lipinski definition) is 6. The molecule has 1 aromatic carbocycles. The van der Waals surface area contributed by atoms with Gasteiger partial charge in [-0.2, -0.15) is 4.98 Å². The minimum atomic E-state index is -0.502. The quantitative estimate of drug-likeness (QED) is 0.495. The van der Waals surface area contributed by atoms with E-state index in [0.29, 0.717) is 40.6 Å². The van der Waals surface area contributed by atoms with Gasteiger partial charge in [0.15, 0.2) is 5.65 Å². The number of aromatic nitrogens is 5. The second kappa shape index (κ2) is 7.53. The number of nitrogen functional groups attached to an aromatic ring is 1. The molecule has 0 fully saturated rings. The third kappa shape index (κ3) is 3.78. The zero-order valence-corrected chi connectivity index (χ0v) is 17.6. The van der Waals surface area contributed by atoms with E-state index < -0.39 is 5.82 Å². The first-order valence-electron chi connectivity index (χ1n) is 9.40. The molecule has 3 N–H and O–H groups in total. The van der Waals surface area contributed by atoms with Crippen molar-refractivity contribution in [3.63, 3.8) is 0 Å². The number of benzene rings is 1. The van der Waals surface area contributed by atoms with Gasteiger partial charge in [0.25, 0.3) is 0 Å². The number of pyridine rings is 1. The molecule has 7 nitrogen and oxygen atoms in total. The number of hydrogen-bond donors (Lipinski definition) is 2. The number of fused-ring (bicyclic) bond motifs is 1. The van der Waals surface area contributed by atoms with Crippen molar-refractivity contribution in [3.8, 4) is 11.3 Å². The molecular formula is C21H21ClFN7. The first-order chi connectivity index (χ1) is 14.2. The summed E-state index contributed by atoms with van der Waals surface area (Å²) in [5, 5.41) is 8.38. The van der Waals surface area contributed by atoms with Crippen molar-refractivity contribution in [1.82, 2.24) is 24.7 Å². The summed E-state index contributed by atoms with van der Waals surface area (Å²) >= 11 is 6.02. The molecule has 0 atom stereocenters. The zero-order valence-electron chi connectivity index (χ0n) is 16.8. The Kier molecular flexibility index (Phi) is 5.03. The largest absolute Gasteiger partial charge is 0.383 e. The predicted molar refractivity (Wildman–Crippen MR) is 117 cm³/mol. The molecular weight excluding hydrogens is 405 g/mol. The topological polar surface area (TPSA) is 94.5 Å². The van der Waals surface area contributed by atoms with E-state index in [1.165, 1.54) is 12.1 Å². The lowest BCUT2D eigenvalue weighted by Crippen LogP contribution is -2.24. The monoisotopic (exact) mass is 425 g/mol. The van der Waals surface area contributed by atoms with E-state index in [-0.39, 0.29) is 10.6 Å². The summed E-state index contributed by atoms with van der Waals surface area (Å²) in [6.45, 7) is 6.43. The van der Waals surface area contributed by atoms with E-state index in [0.717, 1.165) is 5.69 Å². The number of halogens is 2. The molecule has 0 spiro atoms. The van der Waals surface area contributed by atoms with Gasteiger partial charge in [-0.3, -0.25) is 4.98 Å². The predicted octanol–water partition coefficient (Wildman–Crippen LogP) is 4.63. The summed E-state index contributed by atoms with van der Waals surface area (Å²) in [5.41, 5.74) is 8.50. The fourth-order valence-corrected chi connectivity index (χ4v) is 3.31. The van der Waals surface area contributed by atoms with E-state index >= 15 is 0 Å². The van der Waals surface area contributed by atoms with Crippen LogP contribution in [0.1, 0.15) is 26.5 Å². The zero-order chi connectivity index (χ0) is 21.5. The van der Waals surface area contributed by atoms with Gasteiger partial charge in [-0.05, 0) is 51.1 Å². The Labute approximate surface area is 178 Å². The second-order valence-electron chi connectivity index (χ2n) is 7.87. The fourth-order valence-electron chi connectivity index (χ4n) is 3.13. The Morgan fingerprint density at radius 3 is 2.63 bits per heavy atom. The maximum absolute atomic E-state index is 13.7. The number of anilines is 2. The standard InChI is InChI=1S/C21H21ClFN7/c1-21(2,3)30-18(24)16-17(12-7-8-15(23)14(22)10-12)27-20(28-19(16)29-30)26-11-13-6-4-5-9-25-13/h4-10H,11,24H2,1-3H3,(H,26,28,29). The Hall–Kier alpha value is -3.26. The third-order valence-corrected chi connectivity index (χ3v) is 4.84. The molecule has 0 saturated heterocycles. The highest BCUT2D eigenvalue weighted by atomic mass is 35.5. The fraction of sp³-hybridized carbons (Fsp3) is 0.238. The van der Waals surface area contributed by atoms with E-state index in [4.69, 9.17) is 17.3 Å². The van der Waals surface area contributed by atoms with Gasteiger partial charge in [-0.25, -0.2) is 14.1 Å². The molecule has 0 amide bonds. The van der Waals surface area contributed by atoms with Crippen LogP contribution in [0, 0.1) is 5.82 Å². The van der Waals surface area contributed by atoms with Crippen molar-refractivity contribution in [2.45, 2.75) is 32.9 Å². The average Bonchev–Trinajstić information content (AvgIpc) is 3.06. The summed E-state index contributed by atoms with van der Waals surface area (Å²) in [7, 11) is 0. The minimum absolute atomic E-state index is 0.00374. The smallest absolute Gasteiger partial charge is 0.225 e. The molecule has 0 aliphatic rings. The summed E-state index contributed by atoms with van der Waals surface area (Å²) in [5.74, 6) is 0.295. The van der Waals surface area contributed by atoms with Gasteiger partial charge in [0, 0.05) is 11.8 Å². The molecule has 0 radical (unpaired) electrons. The molecule has 4 aromatic rings. The van der Waals surface area contributed by atoms with Crippen molar-refractivity contribution in [3.05, 3.63) is 59.1 Å². The molecule has 154 valence electrons. The first kappa shape index (κ1) is 20.0. The normalized spacial score (nSPS) is 11.8. The van der Waals surface area contributed by atoms with Crippen molar-refractivity contribution < 1.29 is 4.39 Å². The first-order valence-corrected chi connectivity index (χ1v) is 9.78. The van der Waals surface area contributed by atoms with Crippen LogP contribution >= 0.6 is 11.6 Å². The van der Waals surface area contributed by atoms with Gasteiger partial charge in [-0.1, -0.05) is 17.7 Å². The molecule has 0 aliphatic heterocycles. The van der Waals surface area contributed by atoms with Crippen molar-refractivity contribution in [2.24, 2.45) is 0 Å². The molecule has 0 unspecified atom stereocenters. The van der Waals surface area contributed by atoms with Crippen molar-refractivity contribution in [2.75, 3.05) is 11.1 Å². The molecule has 0 aliphatic carbocycles. The van der Waals surface area contributed by atoms with Crippen LogP contribution in [-0.4, -0.2) is 24.7 Å². The Balaban J connectivity index is 1.87. The molecule has 0 saturated carbocycles. The number of nitrogens with two attached hydrogens (primary N) is 1.